The smallest absolute Gasteiger partial charge is 0.330 e. The number of nitro groups is 1. The van der Waals surface area contributed by atoms with Crippen molar-refractivity contribution in [1.82, 2.24) is 25.3 Å². The summed E-state index contributed by atoms with van der Waals surface area (Å²) in [4.78, 5) is 48.2. The van der Waals surface area contributed by atoms with Crippen LogP contribution in [-0.2, 0) is 21.2 Å². The number of nitrogens with one attached hydrogen (secondary N) is 3. The maximum Gasteiger partial charge on any atom is 0.330 e. The second-order valence-electron chi connectivity index (χ2n) is 11.1. The fourth-order valence-corrected chi connectivity index (χ4v) is 5.75. The van der Waals surface area contributed by atoms with Gasteiger partial charge in [-0.3, -0.25) is 19.7 Å². The van der Waals surface area contributed by atoms with Crippen LogP contribution in [0.3, 0.4) is 0 Å². The number of thiazole rings is 1. The van der Waals surface area contributed by atoms with E-state index in [4.69, 9.17) is 4.74 Å². The number of anilines is 4. The minimum atomic E-state index is -0.615. The SMILES string of the molecule is CCOC(=O)Cc1csc(Nc2nc(Nc3ccc(C(=O)NC4CC(C)(C)N([O])C(C)(C)C4)cc3)ncc2[N+](=O)[O-])n1. The molecule has 1 aromatic carbocycles. The molecule has 0 atom stereocenters. The highest BCUT2D eigenvalue weighted by Crippen LogP contribution is 2.37. The molecule has 14 nitrogen and oxygen atoms in total. The highest BCUT2D eigenvalue weighted by Gasteiger charge is 2.46. The van der Waals surface area contributed by atoms with Gasteiger partial charge >= 0.3 is 11.7 Å². The van der Waals surface area contributed by atoms with Gasteiger partial charge in [0.2, 0.25) is 11.8 Å². The summed E-state index contributed by atoms with van der Waals surface area (Å²) in [5.41, 5.74) is -0.103. The number of rotatable bonds is 10. The summed E-state index contributed by atoms with van der Waals surface area (Å²) in [7, 11) is 0. The zero-order valence-electron chi connectivity index (χ0n) is 24.0. The number of benzene rings is 1. The molecule has 0 bridgehead atoms. The Morgan fingerprint density at radius 3 is 2.40 bits per heavy atom. The van der Waals surface area contributed by atoms with Crippen LogP contribution in [0.5, 0.6) is 0 Å². The van der Waals surface area contributed by atoms with E-state index in [9.17, 15) is 24.9 Å². The minimum Gasteiger partial charge on any atom is -0.466 e. The summed E-state index contributed by atoms with van der Waals surface area (Å²) < 4.78 is 4.92. The first-order valence-corrected chi connectivity index (χ1v) is 14.2. The molecule has 42 heavy (non-hydrogen) atoms. The molecule has 1 fully saturated rings. The molecule has 0 unspecified atom stereocenters. The first kappa shape index (κ1) is 30.7. The molecule has 2 aromatic heterocycles. The lowest BCUT2D eigenvalue weighted by Crippen LogP contribution is -2.62. The summed E-state index contributed by atoms with van der Waals surface area (Å²) in [5, 5.41) is 36.1. The number of aromatic nitrogens is 3. The fraction of sp³-hybridized carbons (Fsp3) is 0.444. The van der Waals surface area contributed by atoms with Crippen LogP contribution < -0.4 is 16.0 Å². The lowest BCUT2D eigenvalue weighted by Gasteiger charge is -2.50. The van der Waals surface area contributed by atoms with Crippen molar-refractivity contribution in [3.05, 3.63) is 57.2 Å². The molecule has 1 radical (unpaired) electrons. The largest absolute Gasteiger partial charge is 0.466 e. The van der Waals surface area contributed by atoms with Crippen LogP contribution in [0.25, 0.3) is 0 Å². The van der Waals surface area contributed by atoms with E-state index in [0.717, 1.165) is 22.6 Å². The lowest BCUT2D eigenvalue weighted by molar-refractivity contribution is -0.384. The number of ether oxygens (including phenoxy) is 1. The van der Waals surface area contributed by atoms with Crippen LogP contribution in [0.4, 0.5) is 28.3 Å². The Balaban J connectivity index is 1.43. The zero-order chi connectivity index (χ0) is 30.7. The molecule has 1 aliphatic rings. The van der Waals surface area contributed by atoms with Gasteiger partial charge in [-0.05, 0) is 71.7 Å². The topological polar surface area (TPSA) is 184 Å². The summed E-state index contributed by atoms with van der Waals surface area (Å²) >= 11 is 1.16. The molecule has 3 aromatic rings. The molecule has 1 amide bonds. The Kier molecular flexibility index (Phi) is 9.03. The van der Waals surface area contributed by atoms with Crippen molar-refractivity contribution in [3.8, 4) is 0 Å². The molecule has 223 valence electrons. The summed E-state index contributed by atoms with van der Waals surface area (Å²) in [5.74, 6) is -0.672. The average Bonchev–Trinajstić information content (AvgIpc) is 3.33. The Morgan fingerprint density at radius 1 is 1.12 bits per heavy atom. The first-order valence-electron chi connectivity index (χ1n) is 13.3. The van der Waals surface area contributed by atoms with Gasteiger partial charge in [-0.25, -0.2) is 9.97 Å². The predicted molar refractivity (Wildman–Crippen MR) is 155 cm³/mol. The number of carbonyl (C=O) groups is 2. The molecule has 0 aliphatic carbocycles. The number of amides is 1. The van der Waals surface area contributed by atoms with Crippen molar-refractivity contribution in [2.75, 3.05) is 17.2 Å². The zero-order valence-corrected chi connectivity index (χ0v) is 24.8. The van der Waals surface area contributed by atoms with Gasteiger partial charge in [0, 0.05) is 33.8 Å². The highest BCUT2D eigenvalue weighted by atomic mass is 32.1. The van der Waals surface area contributed by atoms with Gasteiger partial charge in [0.15, 0.2) is 5.13 Å². The van der Waals surface area contributed by atoms with E-state index in [2.05, 4.69) is 30.9 Å². The van der Waals surface area contributed by atoms with Crippen molar-refractivity contribution < 1.29 is 24.5 Å². The monoisotopic (exact) mass is 597 g/mol. The first-order chi connectivity index (χ1) is 19.8. The van der Waals surface area contributed by atoms with Gasteiger partial charge in [-0.15, -0.1) is 21.6 Å². The number of hydroxylamine groups is 2. The maximum atomic E-state index is 12.9. The van der Waals surface area contributed by atoms with Gasteiger partial charge in [0.1, 0.15) is 6.20 Å². The number of nitrogens with zero attached hydrogens (tertiary/aromatic N) is 5. The van der Waals surface area contributed by atoms with E-state index in [1.807, 2.05) is 27.7 Å². The van der Waals surface area contributed by atoms with Gasteiger partial charge in [-0.1, -0.05) is 0 Å². The fourth-order valence-electron chi connectivity index (χ4n) is 5.04. The van der Waals surface area contributed by atoms with Crippen LogP contribution in [-0.4, -0.2) is 60.5 Å². The number of hydrogen-bond donors (Lipinski definition) is 3. The molecule has 3 heterocycles. The molecule has 4 rings (SSSR count). The third-order valence-corrected chi connectivity index (χ3v) is 7.51. The molecule has 0 saturated carbocycles. The number of piperidine rings is 1. The standard InChI is InChI=1S/C27H33N8O6S/c1-6-41-21(36)11-18-15-42-25(31-18)33-22-20(34(38)39)14-28-24(32-22)30-17-9-7-16(8-10-17)23(37)29-19-12-26(2,3)35(40)27(4,5)13-19/h7-10,14-15,19H,6,11-13H2,1-5H3,(H,29,37)(H2,28,30,31,32,33). The van der Waals surface area contributed by atoms with Crippen molar-refractivity contribution in [2.24, 2.45) is 0 Å². The van der Waals surface area contributed by atoms with E-state index in [0.29, 0.717) is 34.9 Å². The van der Waals surface area contributed by atoms with Crippen molar-refractivity contribution >= 4 is 51.5 Å². The number of esters is 1. The van der Waals surface area contributed by atoms with Crippen LogP contribution in [0.2, 0.25) is 0 Å². The van der Waals surface area contributed by atoms with Gasteiger partial charge in [0.05, 0.1) is 23.6 Å². The molecule has 15 heteroatoms. The van der Waals surface area contributed by atoms with Crippen LogP contribution in [0.1, 0.15) is 63.5 Å². The van der Waals surface area contributed by atoms with E-state index in [1.54, 1.807) is 36.6 Å². The third kappa shape index (κ3) is 7.35. The quantitative estimate of drug-likeness (QED) is 0.169. The van der Waals surface area contributed by atoms with Crippen molar-refractivity contribution in [1.29, 1.82) is 0 Å². The summed E-state index contributed by atoms with van der Waals surface area (Å²) in [6, 6.07) is 6.47. The van der Waals surface area contributed by atoms with Crippen LogP contribution in [0.15, 0.2) is 35.8 Å². The maximum absolute atomic E-state index is 12.9. The third-order valence-electron chi connectivity index (χ3n) is 6.70. The second-order valence-corrected chi connectivity index (χ2v) is 12.0. The lowest BCUT2D eigenvalue weighted by atomic mass is 9.79. The Morgan fingerprint density at radius 2 is 1.79 bits per heavy atom. The van der Waals surface area contributed by atoms with Crippen molar-refractivity contribution in [2.45, 2.75) is 71.0 Å². The summed E-state index contributed by atoms with van der Waals surface area (Å²) in [6.07, 6.45) is 2.12. The minimum absolute atomic E-state index is 0.0198. The molecule has 0 spiro atoms. The normalized spacial score (nSPS) is 16.4. The Hall–Kier alpha value is -4.21. The van der Waals surface area contributed by atoms with Gasteiger partial charge in [-0.2, -0.15) is 4.98 Å². The Labute approximate surface area is 246 Å². The van der Waals surface area contributed by atoms with Crippen LogP contribution >= 0.6 is 11.3 Å². The molecule has 1 saturated heterocycles. The van der Waals surface area contributed by atoms with Crippen molar-refractivity contribution in [3.63, 3.8) is 0 Å². The summed E-state index contributed by atoms with van der Waals surface area (Å²) in [6.45, 7) is 9.47. The average molecular weight is 598 g/mol. The highest BCUT2D eigenvalue weighted by molar-refractivity contribution is 7.13. The molecule has 3 N–H and O–H groups in total. The van der Waals surface area contributed by atoms with Gasteiger partial charge < -0.3 is 20.7 Å². The molecular weight excluding hydrogens is 564 g/mol. The van der Waals surface area contributed by atoms with E-state index >= 15 is 0 Å². The van der Waals surface area contributed by atoms with Gasteiger partial charge in [0.25, 0.3) is 5.91 Å². The molecule has 1 aliphatic heterocycles. The van der Waals surface area contributed by atoms with Crippen LogP contribution in [0, 0.1) is 10.1 Å². The number of carbonyl (C=O) groups excluding carboxylic acids is 2. The number of hydrogen-bond acceptors (Lipinski definition) is 12. The predicted octanol–water partition coefficient (Wildman–Crippen LogP) is 4.53. The second kappa shape index (κ2) is 12.3. The van der Waals surface area contributed by atoms with E-state index in [-0.39, 0.29) is 42.4 Å². The van der Waals surface area contributed by atoms with E-state index in [1.165, 1.54) is 0 Å². The van der Waals surface area contributed by atoms with E-state index < -0.39 is 22.0 Å². The molecular formula is C27H33N8O6S. The Bertz CT molecular complexity index is 1440.